The number of ether oxygens (including phenoxy) is 1. The van der Waals surface area contributed by atoms with Crippen LogP contribution in [-0.2, 0) is 14.3 Å². The Kier molecular flexibility index (Phi) is 7.35. The van der Waals surface area contributed by atoms with Crippen LogP contribution in [0.5, 0.6) is 0 Å². The maximum absolute atomic E-state index is 13.7. The fourth-order valence-electron chi connectivity index (χ4n) is 3.76. The van der Waals surface area contributed by atoms with Gasteiger partial charge in [-0.2, -0.15) is 15.0 Å². The zero-order valence-corrected chi connectivity index (χ0v) is 18.4. The Morgan fingerprint density at radius 3 is 2.29 bits per heavy atom. The molecule has 14 heteroatoms. The lowest BCUT2D eigenvalue weighted by atomic mass is 10.2. The second-order valence-electron chi connectivity index (χ2n) is 7.76. The van der Waals surface area contributed by atoms with Crippen molar-refractivity contribution in [1.82, 2.24) is 29.8 Å². The number of alkyl halides is 2. The molecule has 2 aromatic rings. The van der Waals surface area contributed by atoms with E-state index in [0.717, 1.165) is 6.29 Å². The summed E-state index contributed by atoms with van der Waals surface area (Å²) in [7, 11) is 0. The Morgan fingerprint density at radius 1 is 1.03 bits per heavy atom. The van der Waals surface area contributed by atoms with Crippen molar-refractivity contribution in [1.29, 1.82) is 0 Å². The lowest BCUT2D eigenvalue weighted by Gasteiger charge is -2.35. The number of aromatic nitrogens is 5. The summed E-state index contributed by atoms with van der Waals surface area (Å²) in [5.41, 5.74) is 4.94. The molecule has 34 heavy (non-hydrogen) atoms. The summed E-state index contributed by atoms with van der Waals surface area (Å²) in [6, 6.07) is 0. The second kappa shape index (κ2) is 10.6. The van der Waals surface area contributed by atoms with E-state index in [4.69, 9.17) is 10.5 Å². The smallest absolute Gasteiger partial charge is 0.281 e. The molecule has 2 aliphatic heterocycles. The minimum atomic E-state index is -2.90. The van der Waals surface area contributed by atoms with Gasteiger partial charge in [0.25, 0.3) is 6.43 Å². The number of amides is 1. The van der Waals surface area contributed by atoms with Crippen LogP contribution in [0, 0.1) is 0 Å². The standard InChI is InChI=1S/C20H25F2N9O3/c21-16(22)15-13(12-24-18(23)25-15)17-26-19(28-20(27-17)31-7-10-34-11-8-31)30-5-3-29(4-6-30)14(33)2-1-9-32/h9,12,16H,1-8,10-11H2,(H2,23,24,25). The molecule has 0 saturated carbocycles. The minimum absolute atomic E-state index is 0.0197. The number of nitrogen functional groups attached to an aromatic ring is 1. The predicted molar refractivity (Wildman–Crippen MR) is 117 cm³/mol. The molecule has 12 nitrogen and oxygen atoms in total. The number of anilines is 3. The summed E-state index contributed by atoms with van der Waals surface area (Å²) in [5, 5.41) is 0. The van der Waals surface area contributed by atoms with Crippen molar-refractivity contribution in [2.75, 3.05) is 68.0 Å². The number of aldehydes is 1. The van der Waals surface area contributed by atoms with Gasteiger partial charge in [-0.3, -0.25) is 4.79 Å². The number of carbonyl (C=O) groups is 2. The number of hydrogen-bond acceptors (Lipinski definition) is 11. The van der Waals surface area contributed by atoms with Crippen molar-refractivity contribution in [2.24, 2.45) is 0 Å². The molecule has 0 radical (unpaired) electrons. The molecule has 0 aliphatic carbocycles. The van der Waals surface area contributed by atoms with Gasteiger partial charge in [-0.05, 0) is 0 Å². The summed E-state index contributed by atoms with van der Waals surface area (Å²) in [6.45, 7) is 3.81. The lowest BCUT2D eigenvalue weighted by Crippen LogP contribution is -2.49. The van der Waals surface area contributed by atoms with Crippen LogP contribution in [0.3, 0.4) is 0 Å². The fraction of sp³-hybridized carbons (Fsp3) is 0.550. The van der Waals surface area contributed by atoms with Crippen LogP contribution in [-0.4, -0.2) is 94.5 Å². The van der Waals surface area contributed by atoms with Crippen LogP contribution in [0.2, 0.25) is 0 Å². The summed E-state index contributed by atoms with van der Waals surface area (Å²) in [5.74, 6) is 0.314. The molecule has 2 aliphatic rings. The van der Waals surface area contributed by atoms with E-state index in [2.05, 4.69) is 24.9 Å². The van der Waals surface area contributed by atoms with Gasteiger partial charge in [0.2, 0.25) is 23.8 Å². The van der Waals surface area contributed by atoms with Crippen LogP contribution >= 0.6 is 0 Å². The van der Waals surface area contributed by atoms with Crippen LogP contribution in [0.15, 0.2) is 6.20 Å². The topological polar surface area (TPSA) is 144 Å². The van der Waals surface area contributed by atoms with E-state index in [-0.39, 0.29) is 36.1 Å². The van der Waals surface area contributed by atoms with E-state index >= 15 is 0 Å². The second-order valence-corrected chi connectivity index (χ2v) is 7.76. The number of carbonyl (C=O) groups excluding carboxylic acids is 2. The third kappa shape index (κ3) is 5.32. The Morgan fingerprint density at radius 2 is 1.68 bits per heavy atom. The van der Waals surface area contributed by atoms with Crippen LogP contribution in [0.25, 0.3) is 11.4 Å². The van der Waals surface area contributed by atoms with Gasteiger partial charge in [0.1, 0.15) is 12.0 Å². The summed E-state index contributed by atoms with van der Waals surface area (Å²) in [6.07, 6.45) is -0.616. The molecule has 2 fully saturated rings. The highest BCUT2D eigenvalue weighted by molar-refractivity contribution is 5.78. The van der Waals surface area contributed by atoms with E-state index in [1.165, 1.54) is 6.20 Å². The van der Waals surface area contributed by atoms with Crippen molar-refractivity contribution < 1.29 is 23.1 Å². The van der Waals surface area contributed by atoms with E-state index in [1.54, 1.807) is 4.90 Å². The van der Waals surface area contributed by atoms with Gasteiger partial charge in [0, 0.05) is 58.3 Å². The summed E-state index contributed by atoms with van der Waals surface area (Å²) in [4.78, 5) is 49.3. The molecule has 2 aromatic heterocycles. The third-order valence-electron chi connectivity index (χ3n) is 5.58. The first kappa shape index (κ1) is 23.6. The van der Waals surface area contributed by atoms with Crippen LogP contribution in [0.1, 0.15) is 25.0 Å². The number of morpholine rings is 1. The van der Waals surface area contributed by atoms with Crippen molar-refractivity contribution in [2.45, 2.75) is 19.3 Å². The molecule has 0 aromatic carbocycles. The molecule has 182 valence electrons. The van der Waals surface area contributed by atoms with E-state index in [9.17, 15) is 18.4 Å². The largest absolute Gasteiger partial charge is 0.378 e. The zero-order chi connectivity index (χ0) is 24.1. The normalized spacial score (nSPS) is 16.7. The number of rotatable bonds is 7. The fourth-order valence-corrected chi connectivity index (χ4v) is 3.76. The van der Waals surface area contributed by atoms with Gasteiger partial charge in [-0.1, -0.05) is 0 Å². The Balaban J connectivity index is 1.64. The van der Waals surface area contributed by atoms with Crippen molar-refractivity contribution >= 4 is 30.0 Å². The quantitative estimate of drug-likeness (QED) is 0.550. The monoisotopic (exact) mass is 477 g/mol. The first-order valence-corrected chi connectivity index (χ1v) is 10.9. The molecule has 0 unspecified atom stereocenters. The molecule has 0 spiro atoms. The molecule has 4 rings (SSSR count). The van der Waals surface area contributed by atoms with Crippen LogP contribution in [0.4, 0.5) is 26.6 Å². The number of nitrogens with two attached hydrogens (primary N) is 1. The highest BCUT2D eigenvalue weighted by Gasteiger charge is 2.27. The minimum Gasteiger partial charge on any atom is -0.378 e. The van der Waals surface area contributed by atoms with Gasteiger partial charge in [0.15, 0.2) is 5.82 Å². The molecule has 1 amide bonds. The molecular weight excluding hydrogens is 452 g/mol. The molecule has 2 saturated heterocycles. The van der Waals surface area contributed by atoms with Crippen LogP contribution < -0.4 is 15.5 Å². The average molecular weight is 477 g/mol. The van der Waals surface area contributed by atoms with Crippen molar-refractivity contribution in [3.05, 3.63) is 11.9 Å². The Bertz CT molecular complexity index is 1030. The number of piperazine rings is 1. The number of halogens is 2. The van der Waals surface area contributed by atoms with E-state index in [0.29, 0.717) is 64.4 Å². The maximum atomic E-state index is 13.7. The number of hydrogen-bond donors (Lipinski definition) is 1. The molecule has 2 N–H and O–H groups in total. The van der Waals surface area contributed by atoms with Gasteiger partial charge in [-0.25, -0.2) is 18.7 Å². The van der Waals surface area contributed by atoms with E-state index in [1.807, 2.05) is 9.80 Å². The van der Waals surface area contributed by atoms with Gasteiger partial charge < -0.3 is 30.0 Å². The van der Waals surface area contributed by atoms with Crippen molar-refractivity contribution in [3.8, 4) is 11.4 Å². The molecule has 4 heterocycles. The molecule has 0 atom stereocenters. The van der Waals surface area contributed by atoms with Crippen molar-refractivity contribution in [3.63, 3.8) is 0 Å². The van der Waals surface area contributed by atoms with E-state index < -0.39 is 12.1 Å². The first-order valence-electron chi connectivity index (χ1n) is 10.9. The average Bonchev–Trinajstić information content (AvgIpc) is 2.87. The third-order valence-corrected chi connectivity index (χ3v) is 5.58. The lowest BCUT2D eigenvalue weighted by molar-refractivity contribution is -0.132. The highest BCUT2D eigenvalue weighted by Crippen LogP contribution is 2.30. The SMILES string of the molecule is Nc1ncc(-c2nc(N3CCOCC3)nc(N3CCN(C(=O)CCC=O)CC3)n2)c(C(F)F)n1. The summed E-state index contributed by atoms with van der Waals surface area (Å²) >= 11 is 0. The summed E-state index contributed by atoms with van der Waals surface area (Å²) < 4.78 is 32.8. The Labute approximate surface area is 194 Å². The zero-order valence-electron chi connectivity index (χ0n) is 18.4. The first-order chi connectivity index (χ1) is 16.5. The predicted octanol–water partition coefficient (Wildman–Crippen LogP) is 0.313. The molecule has 0 bridgehead atoms. The number of nitrogens with zero attached hydrogens (tertiary/aromatic N) is 8. The maximum Gasteiger partial charge on any atom is 0.281 e. The molecular formula is C20H25F2N9O3. The highest BCUT2D eigenvalue weighted by atomic mass is 19.3. The van der Waals surface area contributed by atoms with Gasteiger partial charge in [-0.15, -0.1) is 0 Å². The van der Waals surface area contributed by atoms with Gasteiger partial charge in [0.05, 0.1) is 18.8 Å². The Hall–Kier alpha value is -3.55. The van der Waals surface area contributed by atoms with Gasteiger partial charge >= 0.3 is 0 Å².